The number of hydrogen-bond donors (Lipinski definition) is 1. The van der Waals surface area contributed by atoms with Crippen LogP contribution in [-0.2, 0) is 0 Å². The minimum absolute atomic E-state index is 0.307. The van der Waals surface area contributed by atoms with Crippen LogP contribution in [0.3, 0.4) is 0 Å². The largest absolute Gasteiger partial charge is 0.313 e. The Kier molecular flexibility index (Phi) is 6.41. The third-order valence-corrected chi connectivity index (χ3v) is 4.67. The van der Waals surface area contributed by atoms with Crippen LogP contribution in [0, 0.1) is 19.3 Å². The van der Waals surface area contributed by atoms with Gasteiger partial charge in [0.15, 0.2) is 0 Å². The van der Waals surface area contributed by atoms with Gasteiger partial charge in [-0.3, -0.25) is 0 Å². The summed E-state index contributed by atoms with van der Waals surface area (Å²) in [5, 5.41) is 3.68. The van der Waals surface area contributed by atoms with Crippen molar-refractivity contribution < 1.29 is 0 Å². The van der Waals surface area contributed by atoms with E-state index in [0.29, 0.717) is 11.5 Å². The molecule has 1 nitrogen and oxygen atoms in total. The highest BCUT2D eigenvalue weighted by Crippen LogP contribution is 2.27. The summed E-state index contributed by atoms with van der Waals surface area (Å²) in [7, 11) is 0. The topological polar surface area (TPSA) is 12.0 Å². The van der Waals surface area contributed by atoms with Gasteiger partial charge in [0.05, 0.1) is 0 Å². The van der Waals surface area contributed by atoms with Gasteiger partial charge in [-0.05, 0) is 55.5 Å². The van der Waals surface area contributed by atoms with E-state index in [1.54, 1.807) is 0 Å². The molecule has 0 aliphatic heterocycles. The van der Waals surface area contributed by atoms with E-state index in [9.17, 15) is 0 Å². The summed E-state index contributed by atoms with van der Waals surface area (Å²) >= 11 is 1.97. The van der Waals surface area contributed by atoms with Crippen molar-refractivity contribution >= 4 is 11.8 Å². The zero-order chi connectivity index (χ0) is 14.5. The Bertz CT molecular complexity index is 393. The molecule has 1 unspecified atom stereocenters. The van der Waals surface area contributed by atoms with E-state index < -0.39 is 0 Å². The first-order chi connectivity index (χ1) is 8.84. The van der Waals surface area contributed by atoms with Crippen LogP contribution in [-0.4, -0.2) is 18.3 Å². The Morgan fingerprint density at radius 2 is 1.84 bits per heavy atom. The molecule has 0 amide bonds. The van der Waals surface area contributed by atoms with Crippen LogP contribution in [0.25, 0.3) is 0 Å². The summed E-state index contributed by atoms with van der Waals surface area (Å²) in [4.78, 5) is 1.38. The number of hydrogen-bond acceptors (Lipinski definition) is 2. The molecule has 0 spiro atoms. The fourth-order valence-corrected chi connectivity index (χ4v) is 3.32. The smallest absolute Gasteiger partial charge is 0.0210 e. The maximum atomic E-state index is 3.68. The lowest BCUT2D eigenvalue weighted by Crippen LogP contribution is -2.42. The van der Waals surface area contributed by atoms with E-state index in [1.807, 2.05) is 11.8 Å². The molecule has 1 rings (SSSR count). The Morgan fingerprint density at radius 3 is 2.37 bits per heavy atom. The van der Waals surface area contributed by atoms with Gasteiger partial charge in [0.25, 0.3) is 0 Å². The molecular weight excluding hydrogens is 250 g/mol. The van der Waals surface area contributed by atoms with E-state index in [2.05, 4.69) is 65.1 Å². The molecule has 19 heavy (non-hydrogen) atoms. The van der Waals surface area contributed by atoms with Crippen molar-refractivity contribution in [3.05, 3.63) is 29.3 Å². The van der Waals surface area contributed by atoms with Crippen LogP contribution in [0.5, 0.6) is 0 Å². The molecule has 0 heterocycles. The lowest BCUT2D eigenvalue weighted by Gasteiger charge is -2.31. The monoisotopic (exact) mass is 279 g/mol. The Balaban J connectivity index is 2.62. The van der Waals surface area contributed by atoms with Gasteiger partial charge < -0.3 is 5.32 Å². The van der Waals surface area contributed by atoms with Gasteiger partial charge in [-0.1, -0.05) is 33.8 Å². The maximum absolute atomic E-state index is 3.68. The summed E-state index contributed by atoms with van der Waals surface area (Å²) in [5.74, 6) is 1.13. The first-order valence-electron chi connectivity index (χ1n) is 7.28. The molecular formula is C17H29NS. The number of thioether (sulfide) groups is 1. The van der Waals surface area contributed by atoms with Crippen LogP contribution in [0.15, 0.2) is 23.1 Å². The fraction of sp³-hybridized carbons (Fsp3) is 0.647. The standard InChI is InChI=1S/C17H29NS/c1-7-10-18-16(17(4,5)6)12-19-15-9-8-13(2)14(3)11-15/h8-9,11,16,18H,7,10,12H2,1-6H3. The van der Waals surface area contributed by atoms with E-state index in [0.717, 1.165) is 12.3 Å². The molecule has 0 bridgehead atoms. The summed E-state index contributed by atoms with van der Waals surface area (Å²) in [5.41, 5.74) is 3.07. The molecule has 1 aromatic rings. The molecule has 0 fully saturated rings. The molecule has 0 saturated heterocycles. The van der Waals surface area contributed by atoms with Gasteiger partial charge in [-0.15, -0.1) is 11.8 Å². The van der Waals surface area contributed by atoms with Crippen LogP contribution in [0.4, 0.5) is 0 Å². The number of rotatable bonds is 6. The van der Waals surface area contributed by atoms with Gasteiger partial charge >= 0.3 is 0 Å². The third kappa shape index (κ3) is 5.58. The van der Waals surface area contributed by atoms with E-state index in [-0.39, 0.29) is 0 Å². The second-order valence-electron chi connectivity index (χ2n) is 6.43. The van der Waals surface area contributed by atoms with Crippen molar-refractivity contribution in [2.24, 2.45) is 5.41 Å². The average molecular weight is 279 g/mol. The lowest BCUT2D eigenvalue weighted by molar-refractivity contribution is 0.292. The predicted molar refractivity (Wildman–Crippen MR) is 88.2 cm³/mol. The van der Waals surface area contributed by atoms with Crippen LogP contribution in [0.2, 0.25) is 0 Å². The minimum Gasteiger partial charge on any atom is -0.313 e. The van der Waals surface area contributed by atoms with E-state index in [1.165, 1.54) is 22.4 Å². The van der Waals surface area contributed by atoms with Crippen LogP contribution in [0.1, 0.15) is 45.2 Å². The Hall–Kier alpha value is -0.470. The van der Waals surface area contributed by atoms with Gasteiger partial charge in [0.2, 0.25) is 0 Å². The second kappa shape index (κ2) is 7.35. The molecule has 1 aromatic carbocycles. The molecule has 1 atom stereocenters. The minimum atomic E-state index is 0.307. The molecule has 108 valence electrons. The fourth-order valence-electron chi connectivity index (χ4n) is 1.92. The van der Waals surface area contributed by atoms with Gasteiger partial charge in [0.1, 0.15) is 0 Å². The summed E-state index contributed by atoms with van der Waals surface area (Å²) in [6.45, 7) is 14.7. The first-order valence-corrected chi connectivity index (χ1v) is 8.26. The molecule has 2 heteroatoms. The number of nitrogens with one attached hydrogen (secondary N) is 1. The highest BCUT2D eigenvalue weighted by molar-refractivity contribution is 7.99. The Labute approximate surface area is 123 Å². The van der Waals surface area contributed by atoms with Crippen LogP contribution < -0.4 is 5.32 Å². The van der Waals surface area contributed by atoms with Gasteiger partial charge in [0, 0.05) is 16.7 Å². The molecule has 0 aliphatic rings. The van der Waals surface area contributed by atoms with Gasteiger partial charge in [-0.2, -0.15) is 0 Å². The first kappa shape index (κ1) is 16.6. The van der Waals surface area contributed by atoms with Gasteiger partial charge in [-0.25, -0.2) is 0 Å². The van der Waals surface area contributed by atoms with E-state index in [4.69, 9.17) is 0 Å². The quantitative estimate of drug-likeness (QED) is 0.750. The van der Waals surface area contributed by atoms with Crippen molar-refractivity contribution in [2.45, 2.75) is 58.9 Å². The molecule has 0 aliphatic carbocycles. The highest BCUT2D eigenvalue weighted by atomic mass is 32.2. The van der Waals surface area contributed by atoms with Crippen molar-refractivity contribution in [3.8, 4) is 0 Å². The predicted octanol–water partition coefficient (Wildman–Crippen LogP) is 4.81. The third-order valence-electron chi connectivity index (χ3n) is 3.58. The molecule has 0 saturated carbocycles. The normalized spacial score (nSPS) is 13.6. The van der Waals surface area contributed by atoms with Crippen LogP contribution >= 0.6 is 11.8 Å². The van der Waals surface area contributed by atoms with Crippen molar-refractivity contribution in [1.82, 2.24) is 5.32 Å². The molecule has 0 aromatic heterocycles. The van der Waals surface area contributed by atoms with Crippen molar-refractivity contribution in [2.75, 3.05) is 12.3 Å². The highest BCUT2D eigenvalue weighted by Gasteiger charge is 2.23. The SMILES string of the molecule is CCCNC(CSc1ccc(C)c(C)c1)C(C)(C)C. The average Bonchev–Trinajstić information content (AvgIpc) is 2.32. The lowest BCUT2D eigenvalue weighted by atomic mass is 9.88. The summed E-state index contributed by atoms with van der Waals surface area (Å²) in [6, 6.07) is 7.33. The van der Waals surface area contributed by atoms with Crippen molar-refractivity contribution in [3.63, 3.8) is 0 Å². The number of aryl methyl sites for hydroxylation is 2. The summed E-state index contributed by atoms with van der Waals surface area (Å²) < 4.78 is 0. The van der Waals surface area contributed by atoms with E-state index >= 15 is 0 Å². The molecule has 1 N–H and O–H groups in total. The maximum Gasteiger partial charge on any atom is 0.0210 e. The zero-order valence-corrected chi connectivity index (χ0v) is 14.2. The zero-order valence-electron chi connectivity index (χ0n) is 13.3. The second-order valence-corrected chi connectivity index (χ2v) is 7.52. The van der Waals surface area contributed by atoms with Crippen molar-refractivity contribution in [1.29, 1.82) is 0 Å². The summed E-state index contributed by atoms with van der Waals surface area (Å²) in [6.07, 6.45) is 1.20. The molecule has 0 radical (unpaired) electrons. The number of benzene rings is 1. The Morgan fingerprint density at radius 1 is 1.16 bits per heavy atom.